The van der Waals surface area contributed by atoms with Crippen molar-refractivity contribution in [3.8, 4) is 0 Å². The minimum absolute atomic E-state index is 0. The first-order valence-corrected chi connectivity index (χ1v) is 8.42. The minimum Gasteiger partial charge on any atom is -0.356 e. The van der Waals surface area contributed by atoms with Gasteiger partial charge in [0, 0.05) is 25.9 Å². The second-order valence-electron chi connectivity index (χ2n) is 4.67. The van der Waals surface area contributed by atoms with Crippen molar-refractivity contribution in [3.05, 3.63) is 0 Å². The highest BCUT2D eigenvalue weighted by molar-refractivity contribution is 14.0. The van der Waals surface area contributed by atoms with E-state index in [0.29, 0.717) is 0 Å². The first-order valence-electron chi connectivity index (χ1n) is 7.02. The molecule has 114 valence electrons. The summed E-state index contributed by atoms with van der Waals surface area (Å²) in [6.45, 7) is 5.89. The van der Waals surface area contributed by atoms with Crippen LogP contribution < -0.4 is 10.6 Å². The average molecular weight is 400 g/mol. The van der Waals surface area contributed by atoms with Crippen LogP contribution >= 0.6 is 35.7 Å². The molecule has 2 N–H and O–H groups in total. The van der Waals surface area contributed by atoms with E-state index in [1.54, 1.807) is 0 Å². The molecule has 19 heavy (non-hydrogen) atoms. The number of nitrogens with zero attached hydrogens (tertiary/aromatic N) is 2. The lowest BCUT2D eigenvalue weighted by molar-refractivity contribution is 0.330. The van der Waals surface area contributed by atoms with Crippen LogP contribution in [0.4, 0.5) is 0 Å². The monoisotopic (exact) mass is 400 g/mol. The van der Waals surface area contributed by atoms with E-state index in [9.17, 15) is 0 Å². The standard InChI is InChI=1S/C13H28N4S.HI/c1-14-13(16-8-12-18-2)15-7-3-4-9-17-10-5-6-11-17;/h3-12H2,1-2H3,(H2,14,15,16);1H. The summed E-state index contributed by atoms with van der Waals surface area (Å²) in [5.41, 5.74) is 0. The molecule has 4 nitrogen and oxygen atoms in total. The summed E-state index contributed by atoms with van der Waals surface area (Å²) >= 11 is 1.85. The number of guanidine groups is 1. The number of nitrogens with one attached hydrogen (secondary N) is 2. The number of thioether (sulfide) groups is 1. The smallest absolute Gasteiger partial charge is 0.191 e. The van der Waals surface area contributed by atoms with E-state index in [1.807, 2.05) is 18.8 Å². The normalized spacial score (nSPS) is 16.2. The van der Waals surface area contributed by atoms with Crippen molar-refractivity contribution in [2.45, 2.75) is 25.7 Å². The fourth-order valence-corrected chi connectivity index (χ4v) is 2.47. The van der Waals surface area contributed by atoms with Crippen molar-refractivity contribution in [1.82, 2.24) is 15.5 Å². The number of aliphatic imine (C=N–C) groups is 1. The molecule has 0 radical (unpaired) electrons. The van der Waals surface area contributed by atoms with Crippen LogP contribution in [0.5, 0.6) is 0 Å². The van der Waals surface area contributed by atoms with Crippen LogP contribution in [-0.4, -0.2) is 62.6 Å². The zero-order chi connectivity index (χ0) is 13.1. The Balaban J connectivity index is 0.00000324. The lowest BCUT2D eigenvalue weighted by Gasteiger charge is -2.15. The molecule has 6 heteroatoms. The van der Waals surface area contributed by atoms with E-state index in [-0.39, 0.29) is 24.0 Å². The molecule has 0 aromatic carbocycles. The molecule has 1 heterocycles. The zero-order valence-electron chi connectivity index (χ0n) is 12.3. The summed E-state index contributed by atoms with van der Waals surface area (Å²) in [7, 11) is 1.83. The molecule has 0 unspecified atom stereocenters. The summed E-state index contributed by atoms with van der Waals surface area (Å²) in [6, 6.07) is 0. The largest absolute Gasteiger partial charge is 0.356 e. The minimum atomic E-state index is 0. The number of unbranched alkanes of at least 4 members (excludes halogenated alkanes) is 1. The Kier molecular flexibility index (Phi) is 13.5. The summed E-state index contributed by atoms with van der Waals surface area (Å²) < 4.78 is 0. The van der Waals surface area contributed by atoms with Gasteiger partial charge in [-0.3, -0.25) is 4.99 Å². The third-order valence-corrected chi connectivity index (χ3v) is 3.83. The van der Waals surface area contributed by atoms with Crippen molar-refractivity contribution in [2.24, 2.45) is 4.99 Å². The van der Waals surface area contributed by atoms with Crippen LogP contribution in [0.15, 0.2) is 4.99 Å². The van der Waals surface area contributed by atoms with Gasteiger partial charge >= 0.3 is 0 Å². The quantitative estimate of drug-likeness (QED) is 0.283. The van der Waals surface area contributed by atoms with Gasteiger partial charge in [-0.15, -0.1) is 24.0 Å². The Morgan fingerprint density at radius 1 is 1.16 bits per heavy atom. The molecule has 1 aliphatic heterocycles. The van der Waals surface area contributed by atoms with Gasteiger partial charge in [0.25, 0.3) is 0 Å². The Bertz CT molecular complexity index is 233. The molecule has 1 aliphatic rings. The average Bonchev–Trinajstić information content (AvgIpc) is 2.89. The maximum atomic E-state index is 4.21. The maximum Gasteiger partial charge on any atom is 0.191 e. The van der Waals surface area contributed by atoms with Crippen molar-refractivity contribution >= 4 is 41.7 Å². The van der Waals surface area contributed by atoms with Crippen LogP contribution in [0.2, 0.25) is 0 Å². The lowest BCUT2D eigenvalue weighted by Crippen LogP contribution is -2.39. The molecule has 0 aliphatic carbocycles. The number of halogens is 1. The molecule has 0 bridgehead atoms. The van der Waals surface area contributed by atoms with Gasteiger partial charge in [-0.2, -0.15) is 11.8 Å². The Morgan fingerprint density at radius 3 is 2.47 bits per heavy atom. The summed E-state index contributed by atoms with van der Waals surface area (Å²) in [5.74, 6) is 2.06. The van der Waals surface area contributed by atoms with E-state index in [0.717, 1.165) is 24.8 Å². The number of rotatable bonds is 8. The Morgan fingerprint density at radius 2 is 1.84 bits per heavy atom. The second-order valence-corrected chi connectivity index (χ2v) is 5.66. The molecular formula is C13H29IN4S. The van der Waals surface area contributed by atoms with Gasteiger partial charge in [0.15, 0.2) is 5.96 Å². The third-order valence-electron chi connectivity index (χ3n) is 3.21. The number of likely N-dealkylation sites (tertiary alicyclic amines) is 1. The van der Waals surface area contributed by atoms with Gasteiger partial charge in [-0.25, -0.2) is 0 Å². The molecule has 0 aromatic rings. The van der Waals surface area contributed by atoms with E-state index in [4.69, 9.17) is 0 Å². The first kappa shape index (κ1) is 19.3. The van der Waals surface area contributed by atoms with Gasteiger partial charge in [0.1, 0.15) is 0 Å². The number of hydrogen-bond acceptors (Lipinski definition) is 3. The highest BCUT2D eigenvalue weighted by Crippen LogP contribution is 2.07. The predicted octanol–water partition coefficient (Wildman–Crippen LogP) is 2.01. The zero-order valence-corrected chi connectivity index (χ0v) is 15.4. The summed E-state index contributed by atoms with van der Waals surface area (Å²) in [5, 5.41) is 6.67. The molecule has 0 saturated carbocycles. The molecule has 1 saturated heterocycles. The SMILES string of the molecule is CN=C(NCCCCN1CCCC1)NCCSC.I. The maximum absolute atomic E-state index is 4.21. The van der Waals surface area contributed by atoms with Gasteiger partial charge < -0.3 is 15.5 Å². The van der Waals surface area contributed by atoms with Crippen LogP contribution in [0, 0.1) is 0 Å². The van der Waals surface area contributed by atoms with Gasteiger partial charge in [0.05, 0.1) is 0 Å². The fourth-order valence-electron chi connectivity index (χ4n) is 2.17. The highest BCUT2D eigenvalue weighted by atomic mass is 127. The third kappa shape index (κ3) is 9.79. The first-order chi connectivity index (χ1) is 8.86. The van der Waals surface area contributed by atoms with E-state index in [2.05, 4.69) is 26.8 Å². The van der Waals surface area contributed by atoms with Crippen molar-refractivity contribution < 1.29 is 0 Å². The number of hydrogen-bond donors (Lipinski definition) is 2. The van der Waals surface area contributed by atoms with E-state index < -0.39 is 0 Å². The Labute approximate surface area is 139 Å². The fraction of sp³-hybridized carbons (Fsp3) is 0.923. The van der Waals surface area contributed by atoms with Crippen LogP contribution in [0.1, 0.15) is 25.7 Å². The molecule has 0 aromatic heterocycles. The molecule has 1 fully saturated rings. The van der Waals surface area contributed by atoms with Crippen LogP contribution in [0.25, 0.3) is 0 Å². The molecular weight excluding hydrogens is 371 g/mol. The highest BCUT2D eigenvalue weighted by Gasteiger charge is 2.09. The molecule has 0 amide bonds. The van der Waals surface area contributed by atoms with Crippen LogP contribution in [0.3, 0.4) is 0 Å². The molecule has 1 rings (SSSR count). The van der Waals surface area contributed by atoms with Gasteiger partial charge in [0.2, 0.25) is 0 Å². The van der Waals surface area contributed by atoms with E-state index >= 15 is 0 Å². The predicted molar refractivity (Wildman–Crippen MR) is 98.1 cm³/mol. The summed E-state index contributed by atoms with van der Waals surface area (Å²) in [6.07, 6.45) is 7.42. The lowest BCUT2D eigenvalue weighted by atomic mass is 10.3. The Hall–Kier alpha value is 0.310. The summed E-state index contributed by atoms with van der Waals surface area (Å²) in [4.78, 5) is 6.78. The van der Waals surface area contributed by atoms with Gasteiger partial charge in [-0.1, -0.05) is 0 Å². The molecule has 0 spiro atoms. The second kappa shape index (κ2) is 13.3. The van der Waals surface area contributed by atoms with Crippen LogP contribution in [-0.2, 0) is 0 Å². The van der Waals surface area contributed by atoms with Crippen molar-refractivity contribution in [3.63, 3.8) is 0 Å². The topological polar surface area (TPSA) is 39.7 Å². The van der Waals surface area contributed by atoms with Gasteiger partial charge in [-0.05, 0) is 51.6 Å². The van der Waals surface area contributed by atoms with E-state index in [1.165, 1.54) is 45.3 Å². The van der Waals surface area contributed by atoms with Crippen molar-refractivity contribution in [1.29, 1.82) is 0 Å². The van der Waals surface area contributed by atoms with Crippen molar-refractivity contribution in [2.75, 3.05) is 51.8 Å². The molecule has 0 atom stereocenters.